The molecular weight excluding hydrogens is 322 g/mol. The average molecular weight is 334 g/mol. The van der Waals surface area contributed by atoms with Gasteiger partial charge in [-0.25, -0.2) is 13.2 Å². The minimum absolute atomic E-state index is 0.0207. The van der Waals surface area contributed by atoms with Crippen LogP contribution in [0.4, 0.5) is 13.2 Å². The third-order valence-electron chi connectivity index (χ3n) is 3.22. The van der Waals surface area contributed by atoms with Gasteiger partial charge in [0.2, 0.25) is 0 Å². The second-order valence-electron chi connectivity index (χ2n) is 4.55. The van der Waals surface area contributed by atoms with Gasteiger partial charge in [-0.05, 0) is 37.2 Å². The Morgan fingerprint density at radius 2 is 1.76 bits per heavy atom. The van der Waals surface area contributed by atoms with Gasteiger partial charge in [0.1, 0.15) is 17.5 Å². The van der Waals surface area contributed by atoms with Crippen molar-refractivity contribution in [3.63, 3.8) is 0 Å². The molecule has 6 heteroatoms. The zero-order valence-electron chi connectivity index (χ0n) is 11.1. The summed E-state index contributed by atoms with van der Waals surface area (Å²) in [6, 6.07) is 5.79. The van der Waals surface area contributed by atoms with Crippen LogP contribution in [-0.2, 0) is 6.42 Å². The highest BCUT2D eigenvalue weighted by Gasteiger charge is 2.19. The van der Waals surface area contributed by atoms with Crippen molar-refractivity contribution in [2.75, 3.05) is 7.05 Å². The molecule has 0 saturated heterocycles. The molecular formula is C15H12Cl2F3N. The smallest absolute Gasteiger partial charge is 0.142 e. The normalized spacial score (nSPS) is 12.5. The maximum absolute atomic E-state index is 14.0. The van der Waals surface area contributed by atoms with E-state index in [0.717, 1.165) is 12.1 Å². The Balaban J connectivity index is 2.37. The predicted octanol–water partition coefficient (Wildman–Crippen LogP) is 4.91. The molecule has 0 aliphatic heterocycles. The molecule has 0 fully saturated rings. The largest absolute Gasteiger partial charge is 0.313 e. The third kappa shape index (κ3) is 3.51. The van der Waals surface area contributed by atoms with Gasteiger partial charge in [-0.1, -0.05) is 35.3 Å². The highest BCUT2D eigenvalue weighted by atomic mass is 35.5. The Kier molecular flexibility index (Phi) is 5.14. The fourth-order valence-corrected chi connectivity index (χ4v) is 2.45. The van der Waals surface area contributed by atoms with Crippen molar-refractivity contribution in [2.45, 2.75) is 12.5 Å². The Labute approximate surface area is 130 Å². The molecule has 0 aliphatic carbocycles. The first-order chi connectivity index (χ1) is 9.93. The molecule has 21 heavy (non-hydrogen) atoms. The van der Waals surface area contributed by atoms with Gasteiger partial charge in [0.05, 0.1) is 10.0 Å². The van der Waals surface area contributed by atoms with Gasteiger partial charge in [-0.2, -0.15) is 0 Å². The van der Waals surface area contributed by atoms with Gasteiger partial charge in [0.25, 0.3) is 0 Å². The number of rotatable bonds is 4. The Hall–Kier alpha value is -1.23. The van der Waals surface area contributed by atoms with E-state index in [4.69, 9.17) is 23.2 Å². The molecule has 1 N–H and O–H groups in total. The van der Waals surface area contributed by atoms with Crippen LogP contribution in [0.15, 0.2) is 30.3 Å². The molecule has 1 atom stereocenters. The molecule has 1 nitrogen and oxygen atoms in total. The summed E-state index contributed by atoms with van der Waals surface area (Å²) in [5.41, 5.74) is 0.616. The Morgan fingerprint density at radius 3 is 2.43 bits per heavy atom. The summed E-state index contributed by atoms with van der Waals surface area (Å²) in [5, 5.41) is 2.57. The Bertz CT molecular complexity index is 662. The van der Waals surface area contributed by atoms with Crippen molar-refractivity contribution in [1.29, 1.82) is 0 Å². The van der Waals surface area contributed by atoms with E-state index in [0.29, 0.717) is 5.56 Å². The fraction of sp³-hybridized carbons (Fsp3) is 0.200. The molecule has 0 spiro atoms. The number of hydrogen-bond donors (Lipinski definition) is 1. The van der Waals surface area contributed by atoms with Gasteiger partial charge in [-0.15, -0.1) is 0 Å². The minimum Gasteiger partial charge on any atom is -0.313 e. The first kappa shape index (κ1) is 16.1. The van der Waals surface area contributed by atoms with E-state index in [1.54, 1.807) is 13.1 Å². The van der Waals surface area contributed by atoms with Gasteiger partial charge in [-0.3, -0.25) is 0 Å². The predicted molar refractivity (Wildman–Crippen MR) is 78.3 cm³/mol. The van der Waals surface area contributed by atoms with E-state index in [1.807, 2.05) is 0 Å². The van der Waals surface area contributed by atoms with E-state index < -0.39 is 23.5 Å². The van der Waals surface area contributed by atoms with E-state index in [2.05, 4.69) is 5.32 Å². The van der Waals surface area contributed by atoms with Crippen molar-refractivity contribution >= 4 is 23.2 Å². The van der Waals surface area contributed by atoms with Crippen molar-refractivity contribution < 1.29 is 13.2 Å². The number of benzene rings is 2. The molecule has 2 aromatic carbocycles. The van der Waals surface area contributed by atoms with Crippen LogP contribution in [0.1, 0.15) is 17.2 Å². The minimum atomic E-state index is -0.710. The summed E-state index contributed by atoms with van der Waals surface area (Å²) in [6.07, 6.45) is 0.213. The second kappa shape index (κ2) is 6.69. The lowest BCUT2D eigenvalue weighted by atomic mass is 9.98. The second-order valence-corrected chi connectivity index (χ2v) is 5.33. The molecule has 0 radical (unpaired) electrons. The zero-order valence-corrected chi connectivity index (χ0v) is 12.6. The van der Waals surface area contributed by atoms with Crippen LogP contribution in [0, 0.1) is 17.5 Å². The van der Waals surface area contributed by atoms with Gasteiger partial charge < -0.3 is 5.32 Å². The summed E-state index contributed by atoms with van der Waals surface area (Å²) in [7, 11) is 1.60. The van der Waals surface area contributed by atoms with Crippen LogP contribution in [0.3, 0.4) is 0 Å². The van der Waals surface area contributed by atoms with Crippen molar-refractivity contribution in [1.82, 2.24) is 5.32 Å². The van der Waals surface area contributed by atoms with E-state index in [1.165, 1.54) is 12.1 Å². The fourth-order valence-electron chi connectivity index (χ4n) is 2.10. The summed E-state index contributed by atoms with van der Waals surface area (Å²) >= 11 is 11.4. The van der Waals surface area contributed by atoms with Crippen LogP contribution < -0.4 is 5.32 Å². The first-order valence-corrected chi connectivity index (χ1v) is 6.94. The quantitative estimate of drug-likeness (QED) is 0.783. The molecule has 1 unspecified atom stereocenters. The molecule has 0 heterocycles. The van der Waals surface area contributed by atoms with E-state index in [9.17, 15) is 13.2 Å². The molecule has 2 aromatic rings. The molecule has 0 aromatic heterocycles. The number of likely N-dealkylation sites (N-methyl/N-ethyl adjacent to an activating group) is 1. The highest BCUT2D eigenvalue weighted by Crippen LogP contribution is 2.29. The van der Waals surface area contributed by atoms with Crippen LogP contribution >= 0.6 is 23.2 Å². The van der Waals surface area contributed by atoms with E-state index >= 15 is 0 Å². The van der Waals surface area contributed by atoms with Crippen LogP contribution in [-0.4, -0.2) is 7.05 Å². The first-order valence-electron chi connectivity index (χ1n) is 6.18. The van der Waals surface area contributed by atoms with Crippen LogP contribution in [0.5, 0.6) is 0 Å². The summed E-state index contributed by atoms with van der Waals surface area (Å²) in [5.74, 6) is -1.89. The SMILES string of the molecule is CNC(Cc1cccc(F)c1Cl)c1cc(F)c(Cl)cc1F. The maximum atomic E-state index is 14.0. The molecule has 0 amide bonds. The summed E-state index contributed by atoms with van der Waals surface area (Å²) < 4.78 is 40.9. The number of halogens is 5. The zero-order chi connectivity index (χ0) is 15.6. The molecule has 0 aliphatic rings. The van der Waals surface area contributed by atoms with Crippen molar-refractivity contribution in [2.24, 2.45) is 0 Å². The van der Waals surface area contributed by atoms with Crippen LogP contribution in [0.25, 0.3) is 0 Å². The number of hydrogen-bond acceptors (Lipinski definition) is 1. The van der Waals surface area contributed by atoms with Gasteiger partial charge in [0.15, 0.2) is 0 Å². The molecule has 0 bridgehead atoms. The summed E-state index contributed by atoms with van der Waals surface area (Å²) in [6.45, 7) is 0. The number of nitrogens with one attached hydrogen (secondary N) is 1. The lowest BCUT2D eigenvalue weighted by molar-refractivity contribution is 0.522. The highest BCUT2D eigenvalue weighted by molar-refractivity contribution is 6.31. The molecule has 2 rings (SSSR count). The monoisotopic (exact) mass is 333 g/mol. The topological polar surface area (TPSA) is 12.0 Å². The van der Waals surface area contributed by atoms with Crippen molar-refractivity contribution in [3.8, 4) is 0 Å². The molecule has 0 saturated carbocycles. The van der Waals surface area contributed by atoms with Gasteiger partial charge in [0, 0.05) is 11.6 Å². The maximum Gasteiger partial charge on any atom is 0.142 e. The average Bonchev–Trinajstić information content (AvgIpc) is 2.45. The standard InChI is InChI=1S/C15H12Cl2F3N/c1-21-14(5-8-3-2-4-11(18)15(8)17)9-6-13(20)10(16)7-12(9)19/h2-4,6-7,14,21H,5H2,1H3. The summed E-state index contributed by atoms with van der Waals surface area (Å²) in [4.78, 5) is 0. The van der Waals surface area contributed by atoms with Gasteiger partial charge >= 0.3 is 0 Å². The van der Waals surface area contributed by atoms with Crippen molar-refractivity contribution in [3.05, 3.63) is 69.0 Å². The Morgan fingerprint density at radius 1 is 1.05 bits per heavy atom. The van der Waals surface area contributed by atoms with E-state index in [-0.39, 0.29) is 22.0 Å². The lowest BCUT2D eigenvalue weighted by Gasteiger charge is -2.18. The van der Waals surface area contributed by atoms with Crippen LogP contribution in [0.2, 0.25) is 10.0 Å². The third-order valence-corrected chi connectivity index (χ3v) is 3.93. The lowest BCUT2D eigenvalue weighted by Crippen LogP contribution is -2.20. The molecule has 112 valence electrons.